The number of carbonyl (C=O) groups is 1. The van der Waals surface area contributed by atoms with Gasteiger partial charge in [0, 0.05) is 45.0 Å². The molecule has 4 rings (SSSR count). The van der Waals surface area contributed by atoms with Crippen molar-refractivity contribution >= 4 is 28.6 Å². The Morgan fingerprint density at radius 2 is 1.77 bits per heavy atom. The van der Waals surface area contributed by atoms with Crippen LogP contribution in [0, 0.1) is 0 Å². The predicted molar refractivity (Wildman–Crippen MR) is 148 cm³/mol. The fourth-order valence-electron chi connectivity index (χ4n) is 4.54. The van der Waals surface area contributed by atoms with E-state index < -0.39 is 17.7 Å². The molecule has 4 aromatic rings. The second kappa shape index (κ2) is 11.0. The molecule has 0 saturated heterocycles. The van der Waals surface area contributed by atoms with E-state index in [0.717, 1.165) is 39.3 Å². The fourth-order valence-corrected chi connectivity index (χ4v) is 5.81. The molecule has 39 heavy (non-hydrogen) atoms. The number of carbonyl (C=O) groups excluding carboxylic acids is 1. The van der Waals surface area contributed by atoms with Gasteiger partial charge in [0.1, 0.15) is 11.7 Å². The number of hydrogen-bond acceptors (Lipinski definition) is 5. The SMILES string of the molecule is CCOC(=O)C(Cc1ccc(-c2ccc(C(F)(F)F)cn2)cc1)c1c(SC(C)(C)C)c2cc(O)ccc2n1C. The number of thioether (sulfide) groups is 1. The monoisotopic (exact) mass is 556 g/mol. The number of nitrogens with zero attached hydrogens (tertiary/aromatic N) is 2. The van der Waals surface area contributed by atoms with Gasteiger partial charge in [-0.2, -0.15) is 13.2 Å². The Hall–Kier alpha value is -3.46. The van der Waals surface area contributed by atoms with E-state index in [-0.39, 0.29) is 23.1 Å². The summed E-state index contributed by atoms with van der Waals surface area (Å²) in [5, 5.41) is 11.1. The van der Waals surface area contributed by atoms with E-state index in [1.54, 1.807) is 43.0 Å². The number of rotatable bonds is 7. The van der Waals surface area contributed by atoms with E-state index in [1.807, 2.05) is 29.8 Å². The van der Waals surface area contributed by atoms with Gasteiger partial charge in [0.25, 0.3) is 0 Å². The minimum Gasteiger partial charge on any atom is -0.508 e. The highest BCUT2D eigenvalue weighted by molar-refractivity contribution is 8.00. The van der Waals surface area contributed by atoms with Gasteiger partial charge in [-0.05, 0) is 49.2 Å². The molecular formula is C30H31F3N2O3S. The number of pyridine rings is 1. The number of phenolic OH excluding ortho intramolecular Hbond substituents is 1. The van der Waals surface area contributed by atoms with Crippen LogP contribution in [-0.4, -0.2) is 32.0 Å². The number of aromatic hydroxyl groups is 1. The van der Waals surface area contributed by atoms with Gasteiger partial charge in [-0.3, -0.25) is 9.78 Å². The zero-order chi connectivity index (χ0) is 28.5. The molecule has 2 aromatic carbocycles. The fraction of sp³-hybridized carbons (Fsp3) is 0.333. The average Bonchev–Trinajstić information content (AvgIpc) is 3.11. The molecule has 1 N–H and O–H groups in total. The number of aromatic nitrogens is 2. The van der Waals surface area contributed by atoms with Crippen molar-refractivity contribution in [2.45, 2.75) is 55.9 Å². The summed E-state index contributed by atoms with van der Waals surface area (Å²) in [7, 11) is 1.91. The summed E-state index contributed by atoms with van der Waals surface area (Å²) in [6.07, 6.45) is -3.26. The lowest BCUT2D eigenvalue weighted by molar-refractivity contribution is -0.145. The quantitative estimate of drug-likeness (QED) is 0.186. The molecule has 0 radical (unpaired) electrons. The molecule has 0 bridgehead atoms. The maximum absolute atomic E-state index is 13.4. The van der Waals surface area contributed by atoms with Crippen LogP contribution >= 0.6 is 11.8 Å². The molecule has 0 aliphatic rings. The Balaban J connectivity index is 1.73. The van der Waals surface area contributed by atoms with Crippen LogP contribution in [0.1, 0.15) is 50.4 Å². The van der Waals surface area contributed by atoms with Gasteiger partial charge in [0.15, 0.2) is 0 Å². The van der Waals surface area contributed by atoms with E-state index >= 15 is 0 Å². The van der Waals surface area contributed by atoms with Crippen molar-refractivity contribution in [1.82, 2.24) is 9.55 Å². The van der Waals surface area contributed by atoms with Gasteiger partial charge in [0.05, 0.1) is 17.9 Å². The van der Waals surface area contributed by atoms with Gasteiger partial charge >= 0.3 is 12.1 Å². The molecular weight excluding hydrogens is 525 g/mol. The minimum absolute atomic E-state index is 0.149. The number of fused-ring (bicyclic) bond motifs is 1. The molecule has 1 atom stereocenters. The Bertz CT molecular complexity index is 1470. The normalized spacial score (nSPS) is 13.0. The van der Waals surface area contributed by atoms with Crippen molar-refractivity contribution < 1.29 is 27.8 Å². The molecule has 206 valence electrons. The van der Waals surface area contributed by atoms with Gasteiger partial charge in [0.2, 0.25) is 0 Å². The zero-order valence-electron chi connectivity index (χ0n) is 22.5. The van der Waals surface area contributed by atoms with E-state index in [1.165, 1.54) is 6.07 Å². The topological polar surface area (TPSA) is 64.3 Å². The third-order valence-corrected chi connectivity index (χ3v) is 7.52. The number of halogens is 3. The molecule has 2 aromatic heterocycles. The lowest BCUT2D eigenvalue weighted by atomic mass is 9.94. The first-order chi connectivity index (χ1) is 18.3. The highest BCUT2D eigenvalue weighted by atomic mass is 32.2. The van der Waals surface area contributed by atoms with Gasteiger partial charge < -0.3 is 14.4 Å². The Kier molecular flexibility index (Phi) is 8.02. The molecule has 0 aliphatic heterocycles. The predicted octanol–water partition coefficient (Wildman–Crippen LogP) is 7.74. The van der Waals surface area contributed by atoms with Crippen molar-refractivity contribution in [3.8, 4) is 17.0 Å². The number of hydrogen-bond donors (Lipinski definition) is 1. The molecule has 0 spiro atoms. The van der Waals surface area contributed by atoms with Crippen LogP contribution < -0.4 is 0 Å². The van der Waals surface area contributed by atoms with Crippen LogP contribution in [0.2, 0.25) is 0 Å². The van der Waals surface area contributed by atoms with Crippen LogP contribution in [0.3, 0.4) is 0 Å². The number of esters is 1. The summed E-state index contributed by atoms with van der Waals surface area (Å²) in [5.41, 5.74) is 2.86. The largest absolute Gasteiger partial charge is 0.508 e. The average molecular weight is 557 g/mol. The smallest absolute Gasteiger partial charge is 0.417 e. The maximum Gasteiger partial charge on any atom is 0.417 e. The molecule has 2 heterocycles. The van der Waals surface area contributed by atoms with Crippen molar-refractivity contribution in [3.05, 3.63) is 77.6 Å². The molecule has 0 amide bonds. The van der Waals surface area contributed by atoms with Crippen LogP contribution in [-0.2, 0) is 29.2 Å². The van der Waals surface area contributed by atoms with Crippen LogP contribution in [0.4, 0.5) is 13.2 Å². The third-order valence-electron chi connectivity index (χ3n) is 6.27. The number of phenols is 1. The first kappa shape index (κ1) is 28.5. The van der Waals surface area contributed by atoms with Crippen molar-refractivity contribution in [1.29, 1.82) is 0 Å². The van der Waals surface area contributed by atoms with Crippen molar-refractivity contribution in [2.24, 2.45) is 7.05 Å². The first-order valence-corrected chi connectivity index (χ1v) is 13.4. The molecule has 5 nitrogen and oxygen atoms in total. The van der Waals surface area contributed by atoms with Gasteiger partial charge in [-0.1, -0.05) is 45.0 Å². The van der Waals surface area contributed by atoms with Crippen molar-refractivity contribution in [2.75, 3.05) is 6.61 Å². The number of alkyl halides is 3. The lowest BCUT2D eigenvalue weighted by Crippen LogP contribution is -2.22. The zero-order valence-corrected chi connectivity index (χ0v) is 23.3. The van der Waals surface area contributed by atoms with E-state index in [0.29, 0.717) is 17.7 Å². The second-order valence-electron chi connectivity index (χ2n) is 10.3. The number of ether oxygens (including phenoxy) is 1. The Morgan fingerprint density at radius 3 is 2.33 bits per heavy atom. The third kappa shape index (κ3) is 6.41. The summed E-state index contributed by atoms with van der Waals surface area (Å²) in [5.74, 6) is -0.822. The van der Waals surface area contributed by atoms with E-state index in [9.17, 15) is 23.1 Å². The van der Waals surface area contributed by atoms with Gasteiger partial charge in [-0.15, -0.1) is 11.8 Å². The van der Waals surface area contributed by atoms with E-state index in [2.05, 4.69) is 25.8 Å². The molecule has 0 saturated carbocycles. The minimum atomic E-state index is -4.44. The summed E-state index contributed by atoms with van der Waals surface area (Å²) in [4.78, 5) is 18.3. The summed E-state index contributed by atoms with van der Waals surface area (Å²) >= 11 is 1.64. The number of aryl methyl sites for hydroxylation is 1. The first-order valence-electron chi connectivity index (χ1n) is 12.6. The molecule has 9 heteroatoms. The maximum atomic E-state index is 13.4. The lowest BCUT2D eigenvalue weighted by Gasteiger charge is -2.23. The summed E-state index contributed by atoms with van der Waals surface area (Å²) in [6.45, 7) is 8.29. The molecule has 0 fully saturated rings. The van der Waals surface area contributed by atoms with Crippen molar-refractivity contribution in [3.63, 3.8) is 0 Å². The standard InChI is InChI=1S/C30H31F3N2O3S/c1-6-38-28(37)23(26-27(39-29(2,3)4)22-16-21(36)12-14-25(22)35(26)5)15-18-7-9-19(10-8-18)24-13-11-20(17-34-24)30(31,32)33/h7-14,16-17,23,36H,6,15H2,1-5H3. The molecule has 0 aliphatic carbocycles. The van der Waals surface area contributed by atoms with Crippen LogP contribution in [0.15, 0.2) is 65.7 Å². The van der Waals surface area contributed by atoms with Gasteiger partial charge in [-0.25, -0.2) is 0 Å². The van der Waals surface area contributed by atoms with Crippen LogP contribution in [0.5, 0.6) is 5.75 Å². The summed E-state index contributed by atoms with van der Waals surface area (Å²) < 4.78 is 46.0. The Morgan fingerprint density at radius 1 is 1.08 bits per heavy atom. The Labute approximate surface area is 230 Å². The highest BCUT2D eigenvalue weighted by Crippen LogP contribution is 2.45. The summed E-state index contributed by atoms with van der Waals surface area (Å²) in [6, 6.07) is 14.8. The molecule has 1 unspecified atom stereocenters. The number of benzene rings is 2. The van der Waals surface area contributed by atoms with Crippen LogP contribution in [0.25, 0.3) is 22.2 Å². The highest BCUT2D eigenvalue weighted by Gasteiger charge is 2.33. The second-order valence-corrected chi connectivity index (χ2v) is 12.2. The van der Waals surface area contributed by atoms with E-state index in [4.69, 9.17) is 4.74 Å².